The molecule has 0 aliphatic carbocycles. The van der Waals surface area contributed by atoms with E-state index in [0.29, 0.717) is 18.4 Å². The Morgan fingerprint density at radius 2 is 1.65 bits per heavy atom. The number of fused-ring (bicyclic) bond motifs is 1. The molecule has 1 saturated heterocycles. The van der Waals surface area contributed by atoms with Gasteiger partial charge in [-0.15, -0.1) is 0 Å². The van der Waals surface area contributed by atoms with Crippen LogP contribution in [0.15, 0.2) is 48.5 Å². The molecule has 5 nitrogen and oxygen atoms in total. The first kappa shape index (κ1) is 16.8. The summed E-state index contributed by atoms with van der Waals surface area (Å²) in [7, 11) is 0. The number of hydrazine groups is 1. The van der Waals surface area contributed by atoms with Crippen LogP contribution in [0, 0.1) is 0 Å². The van der Waals surface area contributed by atoms with Gasteiger partial charge in [-0.25, -0.2) is 10.0 Å². The molecule has 2 aliphatic heterocycles. The Balaban J connectivity index is 1.54. The summed E-state index contributed by atoms with van der Waals surface area (Å²) in [5, 5.41) is 3.98. The van der Waals surface area contributed by atoms with Gasteiger partial charge in [0.25, 0.3) is 0 Å². The number of nitrogens with zero attached hydrogens (tertiary/aromatic N) is 3. The number of amides is 1. The van der Waals surface area contributed by atoms with Gasteiger partial charge in [-0.3, -0.25) is 9.59 Å². The largest absolute Gasteiger partial charge is 0.369 e. The van der Waals surface area contributed by atoms with Crippen molar-refractivity contribution in [2.75, 3.05) is 36.1 Å². The Labute approximate surface area is 153 Å². The van der Waals surface area contributed by atoms with Crippen LogP contribution in [0.1, 0.15) is 29.3 Å². The minimum absolute atomic E-state index is 0.0627. The first-order valence-electron chi connectivity index (χ1n) is 9.15. The summed E-state index contributed by atoms with van der Waals surface area (Å²) in [5.74, 6) is 0.203. The quantitative estimate of drug-likeness (QED) is 0.799. The highest BCUT2D eigenvalue weighted by Gasteiger charge is 2.31. The molecule has 1 amide bonds. The Kier molecular flexibility index (Phi) is 4.47. The molecule has 0 unspecified atom stereocenters. The van der Waals surface area contributed by atoms with Crippen molar-refractivity contribution in [3.8, 4) is 0 Å². The molecule has 5 heteroatoms. The Hall–Kier alpha value is -2.66. The van der Waals surface area contributed by atoms with Crippen molar-refractivity contribution < 1.29 is 9.59 Å². The zero-order chi connectivity index (χ0) is 18.1. The normalized spacial score (nSPS) is 18.0. The fourth-order valence-electron chi connectivity index (χ4n) is 3.80. The number of hydrogen-bond donors (Lipinski definition) is 0. The maximum Gasteiger partial charge on any atom is 0.241 e. The monoisotopic (exact) mass is 349 g/mol. The first-order valence-corrected chi connectivity index (χ1v) is 9.15. The third-order valence-electron chi connectivity index (χ3n) is 5.22. The van der Waals surface area contributed by atoms with E-state index in [1.807, 2.05) is 29.3 Å². The standard InChI is InChI=1S/C21H23N3O2/c1-16(25)17-7-9-20-18(15-17)8-10-21(26)24(20)23-13-11-22(12-14-23)19-5-3-2-4-6-19/h2-7,9,15H,8,10-14H2,1H3. The van der Waals surface area contributed by atoms with Crippen molar-refractivity contribution in [1.82, 2.24) is 5.01 Å². The van der Waals surface area contributed by atoms with Gasteiger partial charge in [-0.2, -0.15) is 0 Å². The van der Waals surface area contributed by atoms with Crippen LogP contribution in [-0.4, -0.2) is 42.9 Å². The lowest BCUT2D eigenvalue weighted by Gasteiger charge is -2.43. The number of para-hydroxylation sites is 1. The third kappa shape index (κ3) is 3.10. The van der Waals surface area contributed by atoms with E-state index in [0.717, 1.165) is 37.4 Å². The fourth-order valence-corrected chi connectivity index (χ4v) is 3.80. The molecule has 134 valence electrons. The van der Waals surface area contributed by atoms with Crippen molar-refractivity contribution in [2.45, 2.75) is 19.8 Å². The van der Waals surface area contributed by atoms with E-state index in [2.05, 4.69) is 34.2 Å². The van der Waals surface area contributed by atoms with Gasteiger partial charge in [-0.1, -0.05) is 18.2 Å². The molecule has 0 saturated carbocycles. The number of carbonyl (C=O) groups excluding carboxylic acids is 2. The van der Waals surface area contributed by atoms with E-state index in [4.69, 9.17) is 0 Å². The number of anilines is 2. The molecule has 2 aromatic carbocycles. The molecular weight excluding hydrogens is 326 g/mol. The predicted molar refractivity (Wildman–Crippen MR) is 102 cm³/mol. The minimum Gasteiger partial charge on any atom is -0.369 e. The van der Waals surface area contributed by atoms with E-state index in [-0.39, 0.29) is 11.7 Å². The maximum atomic E-state index is 12.6. The number of Topliss-reactive ketones (excluding diaryl/α,β-unsaturated/α-hetero) is 1. The van der Waals surface area contributed by atoms with Gasteiger partial charge in [0, 0.05) is 43.9 Å². The van der Waals surface area contributed by atoms with Crippen LogP contribution in [0.5, 0.6) is 0 Å². The van der Waals surface area contributed by atoms with E-state index in [1.54, 1.807) is 6.92 Å². The average molecular weight is 349 g/mol. The second kappa shape index (κ2) is 6.92. The summed E-state index contributed by atoms with van der Waals surface area (Å²) >= 11 is 0. The van der Waals surface area contributed by atoms with Crippen LogP contribution in [-0.2, 0) is 11.2 Å². The van der Waals surface area contributed by atoms with Gasteiger partial charge in [0.15, 0.2) is 5.78 Å². The number of piperazine rings is 1. The van der Waals surface area contributed by atoms with Crippen LogP contribution in [0.4, 0.5) is 11.4 Å². The van der Waals surface area contributed by atoms with Gasteiger partial charge in [0.05, 0.1) is 5.69 Å². The van der Waals surface area contributed by atoms with Crippen LogP contribution < -0.4 is 9.91 Å². The van der Waals surface area contributed by atoms with Crippen molar-refractivity contribution in [1.29, 1.82) is 0 Å². The van der Waals surface area contributed by atoms with Crippen molar-refractivity contribution in [3.05, 3.63) is 59.7 Å². The Morgan fingerprint density at radius 3 is 2.35 bits per heavy atom. The molecular formula is C21H23N3O2. The Bertz CT molecular complexity index is 826. The summed E-state index contributed by atoms with van der Waals surface area (Å²) in [6, 6.07) is 16.1. The molecule has 2 aliphatic rings. The van der Waals surface area contributed by atoms with E-state index < -0.39 is 0 Å². The van der Waals surface area contributed by atoms with Gasteiger partial charge in [0.1, 0.15) is 0 Å². The highest BCUT2D eigenvalue weighted by atomic mass is 16.2. The second-order valence-corrected chi connectivity index (χ2v) is 6.88. The molecule has 4 rings (SSSR count). The molecule has 1 fully saturated rings. The molecule has 0 atom stereocenters. The lowest BCUT2D eigenvalue weighted by Crippen LogP contribution is -2.57. The van der Waals surface area contributed by atoms with Crippen molar-refractivity contribution in [2.24, 2.45) is 0 Å². The smallest absolute Gasteiger partial charge is 0.241 e. The third-order valence-corrected chi connectivity index (χ3v) is 5.22. The van der Waals surface area contributed by atoms with E-state index in [1.165, 1.54) is 5.69 Å². The molecule has 0 bridgehead atoms. The van der Waals surface area contributed by atoms with Crippen molar-refractivity contribution in [3.63, 3.8) is 0 Å². The van der Waals surface area contributed by atoms with Crippen LogP contribution in [0.25, 0.3) is 0 Å². The van der Waals surface area contributed by atoms with Crippen LogP contribution >= 0.6 is 0 Å². The molecule has 0 spiro atoms. The number of rotatable bonds is 3. The number of ketones is 1. The molecule has 26 heavy (non-hydrogen) atoms. The zero-order valence-corrected chi connectivity index (χ0v) is 15.0. The highest BCUT2D eigenvalue weighted by molar-refractivity contribution is 5.98. The summed E-state index contributed by atoms with van der Waals surface area (Å²) in [6.07, 6.45) is 1.20. The molecule has 0 radical (unpaired) electrons. The lowest BCUT2D eigenvalue weighted by molar-refractivity contribution is -0.122. The number of carbonyl (C=O) groups is 2. The molecule has 0 aromatic heterocycles. The number of aryl methyl sites for hydroxylation is 1. The van der Waals surface area contributed by atoms with Crippen LogP contribution in [0.3, 0.4) is 0 Å². The average Bonchev–Trinajstić information content (AvgIpc) is 2.68. The molecule has 0 N–H and O–H groups in total. The van der Waals surface area contributed by atoms with Gasteiger partial charge >= 0.3 is 0 Å². The van der Waals surface area contributed by atoms with E-state index in [9.17, 15) is 9.59 Å². The summed E-state index contributed by atoms with van der Waals surface area (Å²) in [5.41, 5.74) is 3.96. The minimum atomic E-state index is 0.0627. The SMILES string of the molecule is CC(=O)c1ccc2c(c1)CCC(=O)N2N1CCN(c2ccccc2)CC1. The van der Waals surface area contributed by atoms with Gasteiger partial charge in [0.2, 0.25) is 5.91 Å². The predicted octanol–water partition coefficient (Wildman–Crippen LogP) is 2.91. The number of benzene rings is 2. The van der Waals surface area contributed by atoms with E-state index >= 15 is 0 Å². The summed E-state index contributed by atoms with van der Waals surface area (Å²) in [6.45, 7) is 4.95. The fraction of sp³-hybridized carbons (Fsp3) is 0.333. The summed E-state index contributed by atoms with van der Waals surface area (Å²) in [4.78, 5) is 26.6. The van der Waals surface area contributed by atoms with Gasteiger partial charge in [-0.05, 0) is 49.2 Å². The molecule has 2 aromatic rings. The zero-order valence-electron chi connectivity index (χ0n) is 15.0. The number of hydrogen-bond acceptors (Lipinski definition) is 4. The maximum absolute atomic E-state index is 12.6. The first-order chi connectivity index (χ1) is 12.6. The van der Waals surface area contributed by atoms with Crippen molar-refractivity contribution >= 4 is 23.1 Å². The Morgan fingerprint density at radius 1 is 0.923 bits per heavy atom. The van der Waals surface area contributed by atoms with Crippen LogP contribution in [0.2, 0.25) is 0 Å². The van der Waals surface area contributed by atoms with Gasteiger partial charge < -0.3 is 4.90 Å². The second-order valence-electron chi connectivity index (χ2n) is 6.88. The topological polar surface area (TPSA) is 43.9 Å². The molecule has 2 heterocycles. The highest BCUT2D eigenvalue weighted by Crippen LogP contribution is 2.31. The summed E-state index contributed by atoms with van der Waals surface area (Å²) < 4.78 is 0. The lowest BCUT2D eigenvalue weighted by atomic mass is 9.98.